The first-order valence-corrected chi connectivity index (χ1v) is 7.51. The van der Waals surface area contributed by atoms with E-state index in [1.165, 1.54) is 0 Å². The van der Waals surface area contributed by atoms with Gasteiger partial charge in [0.15, 0.2) is 0 Å². The third-order valence-electron chi connectivity index (χ3n) is 3.92. The number of nitrogens with zero attached hydrogens (tertiary/aromatic N) is 6. The van der Waals surface area contributed by atoms with Gasteiger partial charge >= 0.3 is 0 Å². The Kier molecular flexibility index (Phi) is 5.50. The topological polar surface area (TPSA) is 61.0 Å². The van der Waals surface area contributed by atoms with Crippen LogP contribution in [0.2, 0.25) is 0 Å². The van der Waals surface area contributed by atoms with Gasteiger partial charge in [-0.25, -0.2) is 9.67 Å². The van der Waals surface area contributed by atoms with Crippen LogP contribution >= 0.6 is 0 Å². The molecule has 2 rings (SSSR count). The Morgan fingerprint density at radius 2 is 2.05 bits per heavy atom. The molecule has 1 aromatic heterocycles. The summed E-state index contributed by atoms with van der Waals surface area (Å²) in [5.41, 5.74) is 0. The van der Waals surface area contributed by atoms with E-state index in [4.69, 9.17) is 0 Å². The molecule has 20 heavy (non-hydrogen) atoms. The van der Waals surface area contributed by atoms with E-state index < -0.39 is 0 Å². The molecule has 0 aliphatic carbocycles. The molecule has 1 unspecified atom stereocenters. The number of piperazine rings is 1. The van der Waals surface area contributed by atoms with Gasteiger partial charge in [0.1, 0.15) is 12.2 Å². The zero-order chi connectivity index (χ0) is 14.4. The maximum absolute atomic E-state index is 9.22. The molecule has 0 aromatic carbocycles. The number of nitriles is 1. The largest absolute Gasteiger partial charge is 0.293 e. The van der Waals surface area contributed by atoms with E-state index in [9.17, 15) is 5.26 Å². The van der Waals surface area contributed by atoms with Gasteiger partial charge in [-0.15, -0.1) is 0 Å². The third kappa shape index (κ3) is 3.56. The fourth-order valence-corrected chi connectivity index (χ4v) is 2.71. The molecular formula is C14H24N6. The van der Waals surface area contributed by atoms with Crippen LogP contribution in [0.1, 0.15) is 32.5 Å². The Bertz CT molecular complexity index is 441. The number of rotatable bonds is 6. The lowest BCUT2D eigenvalue weighted by Crippen LogP contribution is -2.49. The van der Waals surface area contributed by atoms with Gasteiger partial charge in [0, 0.05) is 32.7 Å². The van der Waals surface area contributed by atoms with Crippen LogP contribution in [-0.2, 0) is 13.1 Å². The summed E-state index contributed by atoms with van der Waals surface area (Å²) >= 11 is 0. The molecular weight excluding hydrogens is 252 g/mol. The van der Waals surface area contributed by atoms with E-state index in [2.05, 4.69) is 39.8 Å². The van der Waals surface area contributed by atoms with Crippen molar-refractivity contribution in [3.8, 4) is 6.07 Å². The Hall–Kier alpha value is -1.45. The van der Waals surface area contributed by atoms with Crippen molar-refractivity contribution in [2.75, 3.05) is 26.2 Å². The highest BCUT2D eigenvalue weighted by Gasteiger charge is 2.23. The molecule has 0 amide bonds. The fraction of sp³-hybridized carbons (Fsp3) is 0.786. The third-order valence-corrected chi connectivity index (χ3v) is 3.92. The van der Waals surface area contributed by atoms with Crippen molar-refractivity contribution in [2.24, 2.45) is 0 Å². The van der Waals surface area contributed by atoms with Crippen LogP contribution in [0.3, 0.4) is 0 Å². The smallest absolute Gasteiger partial charge is 0.140 e. The zero-order valence-corrected chi connectivity index (χ0v) is 12.5. The molecule has 6 heteroatoms. The normalized spacial score (nSPS) is 18.9. The Balaban J connectivity index is 1.84. The van der Waals surface area contributed by atoms with Crippen molar-refractivity contribution >= 4 is 0 Å². The SMILES string of the molecule is CCCC(C#N)N1CCN(Cc2ncnn2CC)CC1. The minimum absolute atomic E-state index is 0.0847. The summed E-state index contributed by atoms with van der Waals surface area (Å²) in [7, 11) is 0. The van der Waals surface area contributed by atoms with Crippen LogP contribution in [-0.4, -0.2) is 56.8 Å². The van der Waals surface area contributed by atoms with Gasteiger partial charge < -0.3 is 0 Å². The first-order valence-electron chi connectivity index (χ1n) is 7.51. The lowest BCUT2D eigenvalue weighted by molar-refractivity contribution is 0.103. The van der Waals surface area contributed by atoms with Crippen LogP contribution in [0.5, 0.6) is 0 Å². The van der Waals surface area contributed by atoms with Crippen molar-refractivity contribution in [2.45, 2.75) is 45.8 Å². The molecule has 0 radical (unpaired) electrons. The van der Waals surface area contributed by atoms with E-state index in [1.54, 1.807) is 6.33 Å². The maximum Gasteiger partial charge on any atom is 0.140 e. The van der Waals surface area contributed by atoms with Crippen LogP contribution in [0.15, 0.2) is 6.33 Å². The van der Waals surface area contributed by atoms with Gasteiger partial charge in [-0.1, -0.05) is 13.3 Å². The van der Waals surface area contributed by atoms with Crippen molar-refractivity contribution in [1.29, 1.82) is 5.26 Å². The van der Waals surface area contributed by atoms with Crippen LogP contribution in [0, 0.1) is 11.3 Å². The molecule has 0 bridgehead atoms. The Morgan fingerprint density at radius 1 is 1.30 bits per heavy atom. The molecule has 110 valence electrons. The van der Waals surface area contributed by atoms with E-state index >= 15 is 0 Å². The minimum Gasteiger partial charge on any atom is -0.293 e. The second-order valence-electron chi connectivity index (χ2n) is 5.24. The van der Waals surface area contributed by atoms with Crippen molar-refractivity contribution < 1.29 is 0 Å². The second kappa shape index (κ2) is 7.36. The van der Waals surface area contributed by atoms with Crippen LogP contribution in [0.4, 0.5) is 0 Å². The van der Waals surface area contributed by atoms with Gasteiger partial charge in [0.05, 0.1) is 18.7 Å². The van der Waals surface area contributed by atoms with Crippen LogP contribution < -0.4 is 0 Å². The lowest BCUT2D eigenvalue weighted by atomic mass is 10.1. The summed E-state index contributed by atoms with van der Waals surface area (Å²) < 4.78 is 1.95. The summed E-state index contributed by atoms with van der Waals surface area (Å²) in [6.45, 7) is 9.87. The molecule has 1 atom stereocenters. The molecule has 6 nitrogen and oxygen atoms in total. The molecule has 2 heterocycles. The summed E-state index contributed by atoms with van der Waals surface area (Å²) in [5, 5.41) is 13.4. The predicted octanol–water partition coefficient (Wildman–Crippen LogP) is 1.11. The summed E-state index contributed by atoms with van der Waals surface area (Å²) in [5.74, 6) is 1.03. The first kappa shape index (κ1) is 14.9. The predicted molar refractivity (Wildman–Crippen MR) is 76.9 cm³/mol. The van der Waals surface area contributed by atoms with Gasteiger partial charge in [-0.05, 0) is 13.3 Å². The number of hydrogen-bond acceptors (Lipinski definition) is 5. The Labute approximate surface area is 121 Å². The molecule has 0 spiro atoms. The standard InChI is InChI=1S/C14H24N6/c1-3-5-13(10-15)19-8-6-18(7-9-19)11-14-16-12-17-20(14)4-2/h12-13H,3-9,11H2,1-2H3. The number of aromatic nitrogens is 3. The summed E-state index contributed by atoms with van der Waals surface area (Å²) in [6, 6.07) is 2.52. The van der Waals surface area contributed by atoms with Gasteiger partial charge in [0.25, 0.3) is 0 Å². The highest BCUT2D eigenvalue weighted by molar-refractivity contribution is 4.94. The zero-order valence-electron chi connectivity index (χ0n) is 12.5. The highest BCUT2D eigenvalue weighted by Crippen LogP contribution is 2.12. The monoisotopic (exact) mass is 276 g/mol. The van der Waals surface area contributed by atoms with E-state index in [1.807, 2.05) is 4.68 Å². The summed E-state index contributed by atoms with van der Waals surface area (Å²) in [6.07, 6.45) is 3.67. The molecule has 1 saturated heterocycles. The number of aryl methyl sites for hydroxylation is 1. The highest BCUT2D eigenvalue weighted by atomic mass is 15.4. The molecule has 0 saturated carbocycles. The lowest BCUT2D eigenvalue weighted by Gasteiger charge is -2.36. The Morgan fingerprint density at radius 3 is 2.65 bits per heavy atom. The van der Waals surface area contributed by atoms with Gasteiger partial charge in [-0.2, -0.15) is 10.4 Å². The average Bonchev–Trinajstić information content (AvgIpc) is 2.93. The second-order valence-corrected chi connectivity index (χ2v) is 5.24. The first-order chi connectivity index (χ1) is 9.78. The van der Waals surface area contributed by atoms with Crippen LogP contribution in [0.25, 0.3) is 0 Å². The summed E-state index contributed by atoms with van der Waals surface area (Å²) in [4.78, 5) is 9.03. The quantitative estimate of drug-likeness (QED) is 0.779. The van der Waals surface area contributed by atoms with E-state index in [0.717, 1.165) is 57.9 Å². The number of hydrogen-bond donors (Lipinski definition) is 0. The fourth-order valence-electron chi connectivity index (χ4n) is 2.71. The average molecular weight is 276 g/mol. The minimum atomic E-state index is 0.0847. The van der Waals surface area contributed by atoms with Crippen molar-refractivity contribution in [3.63, 3.8) is 0 Å². The molecule has 1 aliphatic rings. The molecule has 1 aliphatic heterocycles. The van der Waals surface area contributed by atoms with Crippen molar-refractivity contribution in [3.05, 3.63) is 12.2 Å². The van der Waals surface area contributed by atoms with Gasteiger partial charge in [-0.3, -0.25) is 9.80 Å². The van der Waals surface area contributed by atoms with E-state index in [0.29, 0.717) is 0 Å². The van der Waals surface area contributed by atoms with Gasteiger partial charge in [0.2, 0.25) is 0 Å². The molecule has 1 aromatic rings. The molecule has 1 fully saturated rings. The molecule has 0 N–H and O–H groups in total. The van der Waals surface area contributed by atoms with Crippen molar-refractivity contribution in [1.82, 2.24) is 24.6 Å². The maximum atomic E-state index is 9.22. The van der Waals surface area contributed by atoms with E-state index in [-0.39, 0.29) is 6.04 Å².